The predicted octanol–water partition coefficient (Wildman–Crippen LogP) is 3.65. The molecule has 0 fully saturated rings. The highest BCUT2D eigenvalue weighted by Crippen LogP contribution is 2.22. The number of hydrogen-bond donors (Lipinski definition) is 4. The Balaban J connectivity index is 1.63. The number of carbonyl (C=O) groups excluding carboxylic acids is 2. The molecule has 5 N–H and O–H groups in total. The van der Waals surface area contributed by atoms with Crippen LogP contribution in [0.25, 0.3) is 0 Å². The number of nitrogens with two attached hydrogens (primary N) is 1. The third kappa shape index (κ3) is 5.43. The highest BCUT2D eigenvalue weighted by atomic mass is 79.9. The van der Waals surface area contributed by atoms with Crippen LogP contribution in [0.1, 0.15) is 16.1 Å². The maximum absolute atomic E-state index is 12.3. The van der Waals surface area contributed by atoms with Gasteiger partial charge in [0, 0.05) is 10.7 Å². The van der Waals surface area contributed by atoms with Gasteiger partial charge in [0.05, 0.1) is 5.75 Å². The number of nitrogens with zero attached hydrogens (tertiary/aromatic N) is 1. The van der Waals surface area contributed by atoms with Gasteiger partial charge in [-0.15, -0.1) is 0 Å². The molecule has 0 aliphatic rings. The van der Waals surface area contributed by atoms with E-state index < -0.39 is 11.5 Å². The molecule has 0 aliphatic carbocycles. The Morgan fingerprint density at radius 1 is 1.30 bits per heavy atom. The molecule has 0 radical (unpaired) electrons. The number of hydrogen-bond acceptors (Lipinski definition) is 7. The van der Waals surface area contributed by atoms with Crippen molar-refractivity contribution in [2.24, 2.45) is 0 Å². The lowest BCUT2D eigenvalue weighted by atomic mass is 10.2. The topological polar surface area (TPSA) is 143 Å². The van der Waals surface area contributed by atoms with Gasteiger partial charge in [-0.05, 0) is 52.7 Å². The van der Waals surface area contributed by atoms with Crippen LogP contribution in [0, 0.1) is 6.92 Å². The molecule has 3 aromatic rings. The van der Waals surface area contributed by atoms with E-state index in [-0.39, 0.29) is 34.1 Å². The number of benzene rings is 1. The third-order valence-electron chi connectivity index (χ3n) is 3.76. The quantitative estimate of drug-likeness (QED) is 0.291. The van der Waals surface area contributed by atoms with Crippen molar-refractivity contribution >= 4 is 68.3 Å². The number of aromatic amines is 1. The van der Waals surface area contributed by atoms with Gasteiger partial charge < -0.3 is 20.8 Å². The fourth-order valence-corrected chi connectivity index (χ4v) is 3.43. The normalized spacial score (nSPS) is 10.6. The van der Waals surface area contributed by atoms with E-state index in [2.05, 4.69) is 36.5 Å². The average molecular weight is 513 g/mol. The fourth-order valence-electron chi connectivity index (χ4n) is 2.27. The van der Waals surface area contributed by atoms with Gasteiger partial charge in [0.25, 0.3) is 11.5 Å². The van der Waals surface area contributed by atoms with E-state index in [0.29, 0.717) is 15.4 Å². The second kappa shape index (κ2) is 9.37. The Bertz CT molecular complexity index is 1180. The largest absolute Gasteiger partial charge is 0.444 e. The number of H-pyrrole nitrogens is 1. The van der Waals surface area contributed by atoms with E-state index in [9.17, 15) is 14.4 Å². The second-order valence-electron chi connectivity index (χ2n) is 5.99. The van der Waals surface area contributed by atoms with Crippen LogP contribution in [-0.2, 0) is 4.79 Å². The summed E-state index contributed by atoms with van der Waals surface area (Å²) in [5.41, 5.74) is 6.38. The summed E-state index contributed by atoms with van der Waals surface area (Å²) >= 11 is 10.1. The molecule has 2 amide bonds. The number of nitrogen functional groups attached to an aromatic ring is 1. The van der Waals surface area contributed by atoms with Gasteiger partial charge in [0.15, 0.2) is 27.1 Å². The van der Waals surface area contributed by atoms with Gasteiger partial charge >= 0.3 is 0 Å². The van der Waals surface area contributed by atoms with Crippen molar-refractivity contribution < 1.29 is 14.0 Å². The van der Waals surface area contributed by atoms with Crippen molar-refractivity contribution in [3.05, 3.63) is 61.7 Å². The molecule has 0 saturated carbocycles. The molecule has 0 bridgehead atoms. The highest BCUT2D eigenvalue weighted by Gasteiger charge is 2.17. The third-order valence-corrected chi connectivity index (χ3v) is 5.46. The molecular formula is C18H15BrClN5O4S. The molecule has 1 aromatic carbocycles. The Morgan fingerprint density at radius 3 is 2.70 bits per heavy atom. The van der Waals surface area contributed by atoms with Crippen LogP contribution in [-0.4, -0.2) is 27.5 Å². The Labute approximate surface area is 187 Å². The zero-order valence-electron chi connectivity index (χ0n) is 15.4. The Hall–Kier alpha value is -2.76. The van der Waals surface area contributed by atoms with Crippen molar-refractivity contribution in [1.29, 1.82) is 0 Å². The van der Waals surface area contributed by atoms with Gasteiger partial charge in [0.1, 0.15) is 0 Å². The number of anilines is 3. The molecule has 2 heterocycles. The first-order valence-corrected chi connectivity index (χ1v) is 10.5. The second-order valence-corrected chi connectivity index (χ2v) is 8.14. The van der Waals surface area contributed by atoms with Crippen LogP contribution in [0.3, 0.4) is 0 Å². The number of rotatable bonds is 6. The highest BCUT2D eigenvalue weighted by molar-refractivity contribution is 9.10. The maximum Gasteiger partial charge on any atom is 0.291 e. The number of nitrogens with one attached hydrogen (secondary N) is 3. The molecule has 3 rings (SSSR count). The molecule has 30 heavy (non-hydrogen) atoms. The summed E-state index contributed by atoms with van der Waals surface area (Å²) in [6.45, 7) is 1.86. The SMILES string of the molecule is Cc1ccc(NC(=O)CSc2nc(N)c(NC(=O)c3ccc(Br)o3)c(=O)[nH]2)cc1Cl. The van der Waals surface area contributed by atoms with Gasteiger partial charge in [-0.2, -0.15) is 0 Å². The van der Waals surface area contributed by atoms with E-state index in [0.717, 1.165) is 17.3 Å². The number of halogens is 2. The van der Waals surface area contributed by atoms with Gasteiger partial charge in [-0.1, -0.05) is 29.4 Å². The number of furan rings is 1. The molecule has 2 aromatic heterocycles. The van der Waals surface area contributed by atoms with Crippen LogP contribution in [0.2, 0.25) is 5.02 Å². The van der Waals surface area contributed by atoms with Crippen molar-refractivity contribution in [2.75, 3.05) is 22.1 Å². The minimum absolute atomic E-state index is 0.00740. The van der Waals surface area contributed by atoms with E-state index in [1.807, 2.05) is 6.92 Å². The van der Waals surface area contributed by atoms with E-state index in [1.54, 1.807) is 18.2 Å². The number of aryl methyl sites for hydroxylation is 1. The number of aromatic nitrogens is 2. The fraction of sp³-hybridized carbons (Fsp3) is 0.111. The molecule has 0 atom stereocenters. The van der Waals surface area contributed by atoms with Crippen LogP contribution in [0.4, 0.5) is 17.2 Å². The molecule has 156 valence electrons. The number of carbonyl (C=O) groups is 2. The number of amides is 2. The zero-order valence-corrected chi connectivity index (χ0v) is 18.6. The smallest absolute Gasteiger partial charge is 0.291 e. The van der Waals surface area contributed by atoms with Crippen LogP contribution < -0.4 is 21.9 Å². The first-order valence-electron chi connectivity index (χ1n) is 8.38. The Morgan fingerprint density at radius 2 is 2.07 bits per heavy atom. The molecule has 12 heteroatoms. The van der Waals surface area contributed by atoms with Gasteiger partial charge in [-0.3, -0.25) is 19.4 Å². The van der Waals surface area contributed by atoms with Crippen LogP contribution >= 0.6 is 39.3 Å². The summed E-state index contributed by atoms with van der Waals surface area (Å²) in [4.78, 5) is 43.0. The summed E-state index contributed by atoms with van der Waals surface area (Å²) in [5, 5.41) is 5.73. The minimum Gasteiger partial charge on any atom is -0.444 e. The average Bonchev–Trinajstić information content (AvgIpc) is 3.12. The molecule has 0 spiro atoms. The van der Waals surface area contributed by atoms with Crippen molar-refractivity contribution in [3.8, 4) is 0 Å². The van der Waals surface area contributed by atoms with E-state index >= 15 is 0 Å². The zero-order chi connectivity index (χ0) is 21.8. The Kier molecular flexibility index (Phi) is 6.85. The first kappa shape index (κ1) is 21.9. The molecule has 0 aliphatic heterocycles. The van der Waals surface area contributed by atoms with E-state index in [4.69, 9.17) is 21.8 Å². The monoisotopic (exact) mass is 511 g/mol. The summed E-state index contributed by atoms with van der Waals surface area (Å²) in [6.07, 6.45) is 0. The first-order chi connectivity index (χ1) is 14.2. The van der Waals surface area contributed by atoms with Crippen LogP contribution in [0.15, 0.2) is 49.4 Å². The lowest BCUT2D eigenvalue weighted by Crippen LogP contribution is -2.23. The number of thioether (sulfide) groups is 1. The van der Waals surface area contributed by atoms with Crippen LogP contribution in [0.5, 0.6) is 0 Å². The maximum atomic E-state index is 12.3. The molecule has 0 saturated heterocycles. The van der Waals surface area contributed by atoms with E-state index in [1.165, 1.54) is 12.1 Å². The molecule has 9 nitrogen and oxygen atoms in total. The van der Waals surface area contributed by atoms with Gasteiger partial charge in [0.2, 0.25) is 5.91 Å². The summed E-state index contributed by atoms with van der Waals surface area (Å²) < 4.78 is 5.49. The summed E-state index contributed by atoms with van der Waals surface area (Å²) in [7, 11) is 0. The summed E-state index contributed by atoms with van der Waals surface area (Å²) in [5.74, 6) is -1.20. The van der Waals surface area contributed by atoms with Crippen molar-refractivity contribution in [1.82, 2.24) is 9.97 Å². The van der Waals surface area contributed by atoms with Gasteiger partial charge in [-0.25, -0.2) is 4.98 Å². The standard InChI is InChI=1S/C18H15BrClN5O4S/c1-8-2-3-9(6-10(8)20)22-13(26)7-30-18-24-15(21)14(17(28)25-18)23-16(27)11-4-5-12(19)29-11/h2-6H,7H2,1H3,(H,22,26)(H,23,27)(H3,21,24,25,28). The van der Waals surface area contributed by atoms with Crippen molar-refractivity contribution in [3.63, 3.8) is 0 Å². The minimum atomic E-state index is -0.658. The predicted molar refractivity (Wildman–Crippen MR) is 119 cm³/mol. The van der Waals surface area contributed by atoms with Crippen molar-refractivity contribution in [2.45, 2.75) is 12.1 Å². The molecular weight excluding hydrogens is 498 g/mol. The summed E-state index contributed by atoms with van der Waals surface area (Å²) in [6, 6.07) is 8.14. The lowest BCUT2D eigenvalue weighted by Gasteiger charge is -2.08. The molecule has 0 unspecified atom stereocenters. The lowest BCUT2D eigenvalue weighted by molar-refractivity contribution is -0.113.